The molecule has 4 rings (SSSR count). The molecule has 0 radical (unpaired) electrons. The summed E-state index contributed by atoms with van der Waals surface area (Å²) in [5.74, 6) is -0.948. The molecule has 2 aromatic carbocycles. The maximum absolute atomic E-state index is 13.2. The van der Waals surface area contributed by atoms with E-state index in [1.807, 2.05) is 0 Å². The molecule has 1 fully saturated rings. The van der Waals surface area contributed by atoms with Crippen molar-refractivity contribution in [2.75, 3.05) is 31.1 Å². The maximum Gasteiger partial charge on any atom is 0.243 e. The van der Waals surface area contributed by atoms with Gasteiger partial charge in [-0.3, -0.25) is 4.79 Å². The molecule has 1 N–H and O–H groups in total. The number of carbonyl (C=O) groups excluding carboxylic acids is 1. The smallest absolute Gasteiger partial charge is 0.243 e. The molecule has 8 heteroatoms. The van der Waals surface area contributed by atoms with Crippen LogP contribution in [0.15, 0.2) is 53.4 Å². The zero-order valence-corrected chi connectivity index (χ0v) is 19.2. The van der Waals surface area contributed by atoms with Crippen molar-refractivity contribution in [2.24, 2.45) is 5.92 Å². The Hall–Kier alpha value is -2.45. The molecule has 172 valence electrons. The van der Waals surface area contributed by atoms with E-state index in [0.717, 1.165) is 31.5 Å². The van der Waals surface area contributed by atoms with Crippen LogP contribution in [-0.2, 0) is 21.2 Å². The summed E-state index contributed by atoms with van der Waals surface area (Å²) >= 11 is 0. The van der Waals surface area contributed by atoms with E-state index < -0.39 is 15.8 Å². The van der Waals surface area contributed by atoms with Crippen LogP contribution in [0, 0.1) is 11.7 Å². The first kappa shape index (κ1) is 22.7. The highest BCUT2D eigenvalue weighted by Crippen LogP contribution is 2.31. The normalized spacial score (nSPS) is 21.4. The van der Waals surface area contributed by atoms with Gasteiger partial charge in [-0.15, -0.1) is 0 Å². The molecule has 6 nitrogen and oxygen atoms in total. The summed E-state index contributed by atoms with van der Waals surface area (Å²) in [7, 11) is -3.74. The lowest BCUT2D eigenvalue weighted by Gasteiger charge is -2.31. The number of benzene rings is 2. The predicted octanol–water partition coefficient (Wildman–Crippen LogP) is 3.18. The van der Waals surface area contributed by atoms with Crippen molar-refractivity contribution in [3.8, 4) is 0 Å². The van der Waals surface area contributed by atoms with Gasteiger partial charge in [0.25, 0.3) is 0 Å². The van der Waals surface area contributed by atoms with Gasteiger partial charge in [-0.2, -0.15) is 4.31 Å². The zero-order valence-electron chi connectivity index (χ0n) is 18.3. The number of fused-ring (bicyclic) bond motifs is 1. The van der Waals surface area contributed by atoms with Gasteiger partial charge >= 0.3 is 0 Å². The Labute approximate surface area is 189 Å². The lowest BCUT2D eigenvalue weighted by Crippen LogP contribution is -2.45. The molecule has 1 saturated heterocycles. The summed E-state index contributed by atoms with van der Waals surface area (Å²) in [5.41, 5.74) is 2.65. The van der Waals surface area contributed by atoms with E-state index in [9.17, 15) is 17.6 Å². The van der Waals surface area contributed by atoms with Gasteiger partial charge in [0.05, 0.1) is 10.8 Å². The second-order valence-corrected chi connectivity index (χ2v) is 10.6. The summed E-state index contributed by atoms with van der Waals surface area (Å²) in [6, 6.07) is 13.7. The third-order valence-electron chi connectivity index (χ3n) is 6.43. The second-order valence-electron chi connectivity index (χ2n) is 8.68. The van der Waals surface area contributed by atoms with E-state index >= 15 is 0 Å². The van der Waals surface area contributed by atoms with Gasteiger partial charge in [0.15, 0.2) is 0 Å². The summed E-state index contributed by atoms with van der Waals surface area (Å²) < 4.78 is 40.2. The molecule has 0 saturated carbocycles. The Morgan fingerprint density at radius 1 is 1.16 bits per heavy atom. The maximum atomic E-state index is 13.2. The van der Waals surface area contributed by atoms with Crippen LogP contribution >= 0.6 is 0 Å². The number of hydrogen-bond donors (Lipinski definition) is 1. The van der Waals surface area contributed by atoms with Gasteiger partial charge in [-0.05, 0) is 68.5 Å². The minimum atomic E-state index is -3.74. The van der Waals surface area contributed by atoms with Crippen molar-refractivity contribution < 1.29 is 17.6 Å². The van der Waals surface area contributed by atoms with E-state index in [-0.39, 0.29) is 23.3 Å². The van der Waals surface area contributed by atoms with Gasteiger partial charge in [0.1, 0.15) is 5.82 Å². The molecule has 0 aliphatic carbocycles. The average molecular weight is 460 g/mol. The molecule has 0 bridgehead atoms. The quantitative estimate of drug-likeness (QED) is 0.646. The van der Waals surface area contributed by atoms with Gasteiger partial charge < -0.3 is 10.2 Å². The molecule has 0 spiro atoms. The highest BCUT2D eigenvalue weighted by atomic mass is 32.2. The Kier molecular flexibility index (Phi) is 6.81. The lowest BCUT2D eigenvalue weighted by atomic mass is 9.99. The highest BCUT2D eigenvalue weighted by Gasteiger charge is 2.33. The highest BCUT2D eigenvalue weighted by molar-refractivity contribution is 7.89. The topological polar surface area (TPSA) is 69.7 Å². The van der Waals surface area contributed by atoms with Gasteiger partial charge in [-0.1, -0.05) is 18.2 Å². The minimum absolute atomic E-state index is 0.0555. The van der Waals surface area contributed by atoms with Crippen molar-refractivity contribution in [1.29, 1.82) is 0 Å². The van der Waals surface area contributed by atoms with E-state index in [4.69, 9.17) is 0 Å². The van der Waals surface area contributed by atoms with E-state index in [1.165, 1.54) is 27.7 Å². The number of para-hydroxylation sites is 1. The fourth-order valence-electron chi connectivity index (χ4n) is 4.71. The third kappa shape index (κ3) is 4.81. The van der Waals surface area contributed by atoms with Crippen LogP contribution in [0.1, 0.15) is 31.7 Å². The molecule has 2 aliphatic rings. The van der Waals surface area contributed by atoms with Crippen molar-refractivity contribution in [3.05, 3.63) is 59.9 Å². The van der Waals surface area contributed by atoms with Crippen LogP contribution in [-0.4, -0.2) is 50.9 Å². The first-order valence-corrected chi connectivity index (χ1v) is 12.7. The van der Waals surface area contributed by atoms with Crippen LogP contribution in [0.5, 0.6) is 0 Å². The number of rotatable bonds is 7. The predicted molar refractivity (Wildman–Crippen MR) is 122 cm³/mol. The number of hydrogen-bond acceptors (Lipinski definition) is 4. The van der Waals surface area contributed by atoms with Crippen molar-refractivity contribution in [2.45, 2.75) is 43.5 Å². The summed E-state index contributed by atoms with van der Waals surface area (Å²) in [6.07, 6.45) is 3.16. The average Bonchev–Trinajstić information content (AvgIpc) is 3.12. The number of carbonyl (C=O) groups is 1. The number of piperidine rings is 1. The molecular weight excluding hydrogens is 429 g/mol. The number of anilines is 1. The van der Waals surface area contributed by atoms with Crippen LogP contribution in [0.2, 0.25) is 0 Å². The standard InChI is InChI=1S/C24H30FN3O3S/c1-18-16-19-6-2-3-8-23(19)28(18)15-5-13-26-24(29)20-7-4-14-27(17-20)32(30,31)22-11-9-21(25)10-12-22/h2-3,6,8-12,18,20H,4-5,7,13-17H2,1H3,(H,26,29)/t18-,20+/m1/s1. The minimum Gasteiger partial charge on any atom is -0.368 e. The number of halogens is 1. The first-order valence-electron chi connectivity index (χ1n) is 11.2. The second kappa shape index (κ2) is 9.58. The number of nitrogens with zero attached hydrogens (tertiary/aromatic N) is 2. The Morgan fingerprint density at radius 3 is 2.69 bits per heavy atom. The number of amides is 1. The van der Waals surface area contributed by atoms with Crippen LogP contribution in [0.3, 0.4) is 0 Å². The molecule has 2 atom stereocenters. The fraction of sp³-hybridized carbons (Fsp3) is 0.458. The summed E-state index contributed by atoms with van der Waals surface area (Å²) in [6.45, 7) is 4.17. The Bertz CT molecular complexity index is 1060. The summed E-state index contributed by atoms with van der Waals surface area (Å²) in [5, 5.41) is 3.00. The molecule has 2 heterocycles. The Morgan fingerprint density at radius 2 is 1.91 bits per heavy atom. The number of nitrogens with one attached hydrogen (secondary N) is 1. The third-order valence-corrected chi connectivity index (χ3v) is 8.31. The molecule has 1 amide bonds. The van der Waals surface area contributed by atoms with Gasteiger partial charge in [0.2, 0.25) is 15.9 Å². The molecule has 0 unspecified atom stereocenters. The molecule has 2 aliphatic heterocycles. The largest absolute Gasteiger partial charge is 0.368 e. The van der Waals surface area contributed by atoms with Crippen LogP contribution in [0.25, 0.3) is 0 Å². The monoisotopic (exact) mass is 459 g/mol. The molecule has 2 aromatic rings. The van der Waals surface area contributed by atoms with Gasteiger partial charge in [0, 0.05) is 37.9 Å². The van der Waals surface area contributed by atoms with Gasteiger partial charge in [-0.25, -0.2) is 12.8 Å². The van der Waals surface area contributed by atoms with Crippen molar-refractivity contribution in [3.63, 3.8) is 0 Å². The molecule has 32 heavy (non-hydrogen) atoms. The molecule has 0 aromatic heterocycles. The van der Waals surface area contributed by atoms with Crippen LogP contribution in [0.4, 0.5) is 10.1 Å². The zero-order chi connectivity index (χ0) is 22.7. The lowest BCUT2D eigenvalue weighted by molar-refractivity contribution is -0.126. The van der Waals surface area contributed by atoms with E-state index in [2.05, 4.69) is 41.4 Å². The first-order chi connectivity index (χ1) is 15.4. The summed E-state index contributed by atoms with van der Waals surface area (Å²) in [4.78, 5) is 15.2. The van der Waals surface area contributed by atoms with Crippen molar-refractivity contribution >= 4 is 21.6 Å². The number of sulfonamides is 1. The molecular formula is C24H30FN3O3S. The fourth-order valence-corrected chi connectivity index (χ4v) is 6.23. The SMILES string of the molecule is C[C@@H]1Cc2ccccc2N1CCCNC(=O)[C@H]1CCCN(S(=O)(=O)c2ccc(F)cc2)C1. The van der Waals surface area contributed by atoms with Crippen molar-refractivity contribution in [1.82, 2.24) is 9.62 Å². The van der Waals surface area contributed by atoms with Crippen LogP contribution < -0.4 is 10.2 Å². The van der Waals surface area contributed by atoms with E-state index in [0.29, 0.717) is 32.0 Å². The van der Waals surface area contributed by atoms with E-state index in [1.54, 1.807) is 0 Å². The Balaban J connectivity index is 1.28.